The molecule has 0 amide bonds. The molecule has 2 aromatic heterocycles. The number of hydrogen-bond donors (Lipinski definition) is 2. The number of aromatic nitrogens is 3. The summed E-state index contributed by atoms with van der Waals surface area (Å²) in [6, 6.07) is 3.25. The summed E-state index contributed by atoms with van der Waals surface area (Å²) in [6.07, 6.45) is 3.05. The molecule has 98 valence electrons. The number of rotatable bonds is 3. The van der Waals surface area contributed by atoms with Crippen molar-refractivity contribution in [3.05, 3.63) is 46.3 Å². The van der Waals surface area contributed by atoms with Crippen molar-refractivity contribution >= 4 is 5.97 Å². The Labute approximate surface area is 109 Å². The van der Waals surface area contributed by atoms with Crippen LogP contribution in [-0.4, -0.2) is 26.0 Å². The van der Waals surface area contributed by atoms with Gasteiger partial charge in [0.15, 0.2) is 0 Å². The first kappa shape index (κ1) is 12.9. The van der Waals surface area contributed by atoms with Crippen LogP contribution in [0.15, 0.2) is 29.3 Å². The third-order valence-corrected chi connectivity index (χ3v) is 2.71. The number of hydrogen-bond acceptors (Lipinski definition) is 4. The first-order chi connectivity index (χ1) is 9.00. The highest BCUT2D eigenvalue weighted by Crippen LogP contribution is 2.25. The van der Waals surface area contributed by atoms with Gasteiger partial charge in [-0.3, -0.25) is 4.98 Å². The van der Waals surface area contributed by atoms with Gasteiger partial charge < -0.3 is 10.1 Å². The molecule has 0 bridgehead atoms. The normalized spacial score (nSPS) is 10.7. The molecule has 2 N–H and O–H groups in total. The number of aromatic amines is 1. The highest BCUT2D eigenvalue weighted by atomic mass is 16.4. The average Bonchev–Trinajstić information content (AvgIpc) is 2.38. The third-order valence-electron chi connectivity index (χ3n) is 2.71. The Morgan fingerprint density at radius 3 is 2.47 bits per heavy atom. The molecular formula is C13H13N3O3. The zero-order valence-corrected chi connectivity index (χ0v) is 10.5. The van der Waals surface area contributed by atoms with E-state index < -0.39 is 11.7 Å². The summed E-state index contributed by atoms with van der Waals surface area (Å²) in [5, 5.41) is 9.37. The van der Waals surface area contributed by atoms with Crippen molar-refractivity contribution in [1.82, 2.24) is 15.0 Å². The topological polar surface area (TPSA) is 95.9 Å². The average molecular weight is 259 g/mol. The van der Waals surface area contributed by atoms with E-state index in [9.17, 15) is 14.7 Å². The maximum Gasteiger partial charge on any atom is 0.345 e. The highest BCUT2D eigenvalue weighted by molar-refractivity contribution is 5.96. The molecule has 6 nitrogen and oxygen atoms in total. The van der Waals surface area contributed by atoms with Crippen LogP contribution in [0, 0.1) is 0 Å². The number of pyridine rings is 1. The molecule has 0 atom stereocenters. The van der Waals surface area contributed by atoms with Crippen LogP contribution in [-0.2, 0) is 0 Å². The van der Waals surface area contributed by atoms with E-state index in [-0.39, 0.29) is 17.2 Å². The Balaban J connectivity index is 2.80. The maximum absolute atomic E-state index is 11.6. The lowest BCUT2D eigenvalue weighted by Crippen LogP contribution is -2.20. The second-order valence-electron chi connectivity index (χ2n) is 4.37. The molecule has 2 aromatic rings. The lowest BCUT2D eigenvalue weighted by atomic mass is 9.99. The minimum absolute atomic E-state index is 0.0285. The molecule has 0 aliphatic carbocycles. The fourth-order valence-electron chi connectivity index (χ4n) is 1.86. The largest absolute Gasteiger partial charge is 0.478 e. The monoisotopic (exact) mass is 259 g/mol. The molecule has 0 saturated carbocycles. The van der Waals surface area contributed by atoms with Gasteiger partial charge in [-0.05, 0) is 18.1 Å². The maximum atomic E-state index is 11.6. The van der Waals surface area contributed by atoms with Crippen LogP contribution in [0.25, 0.3) is 11.3 Å². The van der Waals surface area contributed by atoms with Gasteiger partial charge in [0.25, 0.3) is 0 Å². The van der Waals surface area contributed by atoms with Crippen LogP contribution < -0.4 is 5.69 Å². The summed E-state index contributed by atoms with van der Waals surface area (Å²) in [6.45, 7) is 3.63. The second-order valence-corrected chi connectivity index (χ2v) is 4.37. The van der Waals surface area contributed by atoms with Crippen LogP contribution in [0.5, 0.6) is 0 Å². The van der Waals surface area contributed by atoms with Crippen LogP contribution in [0.2, 0.25) is 0 Å². The molecule has 2 rings (SSSR count). The summed E-state index contributed by atoms with van der Waals surface area (Å²) in [5.41, 5.74) is 0.573. The van der Waals surface area contributed by atoms with Gasteiger partial charge in [0.1, 0.15) is 5.56 Å². The molecule has 0 aliphatic heterocycles. The molecular weight excluding hydrogens is 246 g/mol. The van der Waals surface area contributed by atoms with Crippen molar-refractivity contribution in [1.29, 1.82) is 0 Å². The van der Waals surface area contributed by atoms with Gasteiger partial charge in [-0.2, -0.15) is 4.98 Å². The lowest BCUT2D eigenvalue weighted by molar-refractivity contribution is 0.0695. The summed E-state index contributed by atoms with van der Waals surface area (Å²) >= 11 is 0. The van der Waals surface area contributed by atoms with Crippen molar-refractivity contribution in [2.45, 2.75) is 19.8 Å². The number of nitrogens with zero attached hydrogens (tertiary/aromatic N) is 2. The molecule has 0 spiro atoms. The molecule has 6 heteroatoms. The number of carbonyl (C=O) groups is 1. The van der Waals surface area contributed by atoms with Crippen molar-refractivity contribution in [3.63, 3.8) is 0 Å². The van der Waals surface area contributed by atoms with Crippen molar-refractivity contribution in [2.75, 3.05) is 0 Å². The summed E-state index contributed by atoms with van der Waals surface area (Å²) < 4.78 is 0. The number of aromatic carboxylic acids is 1. The molecule has 0 radical (unpaired) electrons. The van der Waals surface area contributed by atoms with Crippen LogP contribution in [0.4, 0.5) is 0 Å². The smallest absolute Gasteiger partial charge is 0.345 e. The molecule has 0 fully saturated rings. The Bertz CT molecular complexity index is 663. The molecule has 0 aromatic carbocycles. The van der Waals surface area contributed by atoms with Crippen molar-refractivity contribution in [3.8, 4) is 11.3 Å². The first-order valence-corrected chi connectivity index (χ1v) is 5.78. The molecule has 2 heterocycles. The molecule has 0 aliphatic rings. The summed E-state index contributed by atoms with van der Waals surface area (Å²) in [7, 11) is 0. The Morgan fingerprint density at radius 1 is 1.32 bits per heavy atom. The zero-order valence-electron chi connectivity index (χ0n) is 10.5. The Morgan fingerprint density at radius 2 is 1.95 bits per heavy atom. The van der Waals surface area contributed by atoms with Crippen molar-refractivity contribution in [2.24, 2.45) is 0 Å². The van der Waals surface area contributed by atoms with Gasteiger partial charge in [0.05, 0.1) is 5.69 Å². The predicted octanol–water partition coefficient (Wildman–Crippen LogP) is 1.65. The van der Waals surface area contributed by atoms with Gasteiger partial charge in [0, 0.05) is 23.7 Å². The van der Waals surface area contributed by atoms with Crippen LogP contribution in [0.3, 0.4) is 0 Å². The second kappa shape index (κ2) is 5.01. The molecule has 0 saturated heterocycles. The van der Waals surface area contributed by atoms with E-state index in [4.69, 9.17) is 0 Å². The van der Waals surface area contributed by atoms with Gasteiger partial charge in [-0.25, -0.2) is 9.59 Å². The van der Waals surface area contributed by atoms with Gasteiger partial charge in [-0.1, -0.05) is 13.8 Å². The van der Waals surface area contributed by atoms with Crippen LogP contribution >= 0.6 is 0 Å². The number of nitrogens with one attached hydrogen (secondary N) is 1. The predicted molar refractivity (Wildman–Crippen MR) is 69.1 cm³/mol. The van der Waals surface area contributed by atoms with Gasteiger partial charge in [-0.15, -0.1) is 0 Å². The minimum atomic E-state index is -1.11. The number of H-pyrrole nitrogens is 1. The highest BCUT2D eigenvalue weighted by Gasteiger charge is 2.21. The van der Waals surface area contributed by atoms with Gasteiger partial charge in [0.2, 0.25) is 0 Å². The van der Waals surface area contributed by atoms with E-state index in [0.717, 1.165) is 0 Å². The van der Waals surface area contributed by atoms with E-state index in [1.807, 2.05) is 13.8 Å². The van der Waals surface area contributed by atoms with Gasteiger partial charge >= 0.3 is 11.7 Å². The summed E-state index contributed by atoms with van der Waals surface area (Å²) in [5.74, 6) is -1.23. The van der Waals surface area contributed by atoms with E-state index in [0.29, 0.717) is 11.3 Å². The minimum Gasteiger partial charge on any atom is -0.478 e. The van der Waals surface area contributed by atoms with E-state index >= 15 is 0 Å². The first-order valence-electron chi connectivity index (χ1n) is 5.78. The quantitative estimate of drug-likeness (QED) is 0.873. The number of carboxylic acid groups (broad SMARTS) is 1. The van der Waals surface area contributed by atoms with Crippen molar-refractivity contribution < 1.29 is 9.90 Å². The molecule has 0 unspecified atom stereocenters. The lowest BCUT2D eigenvalue weighted by Gasteiger charge is -2.12. The van der Waals surface area contributed by atoms with E-state index in [2.05, 4.69) is 15.0 Å². The number of carboxylic acids is 1. The standard InChI is InChI=1S/C13H13N3O3/c1-7(2)10-9(12(17)18)11(16-13(19)15-10)8-3-5-14-6-4-8/h3-7H,1-2H3,(H,17,18)(H,15,16,19). The zero-order chi connectivity index (χ0) is 14.0. The van der Waals surface area contributed by atoms with E-state index in [1.54, 1.807) is 12.1 Å². The Hall–Kier alpha value is -2.50. The Kier molecular flexibility index (Phi) is 3.41. The third kappa shape index (κ3) is 2.52. The fourth-order valence-corrected chi connectivity index (χ4v) is 1.86. The SMILES string of the molecule is CC(C)c1[nH]c(=O)nc(-c2ccncc2)c1C(=O)O. The fraction of sp³-hybridized carbons (Fsp3) is 0.231. The molecule has 19 heavy (non-hydrogen) atoms. The summed E-state index contributed by atoms with van der Waals surface area (Å²) in [4.78, 5) is 33.2. The van der Waals surface area contributed by atoms with Crippen LogP contribution in [0.1, 0.15) is 35.8 Å². The van der Waals surface area contributed by atoms with E-state index in [1.165, 1.54) is 12.4 Å².